The molecule has 2 heterocycles. The maximum atomic E-state index is 12.3. The van der Waals surface area contributed by atoms with E-state index in [-0.39, 0.29) is 12.3 Å². The largest absolute Gasteiger partial charge is 0.497 e. The molecule has 0 fully saturated rings. The Balaban J connectivity index is 1.73. The van der Waals surface area contributed by atoms with Crippen molar-refractivity contribution in [1.29, 1.82) is 0 Å². The van der Waals surface area contributed by atoms with E-state index in [0.717, 1.165) is 11.4 Å². The lowest BCUT2D eigenvalue weighted by Crippen LogP contribution is -2.30. The van der Waals surface area contributed by atoms with E-state index in [1.54, 1.807) is 36.2 Å². The van der Waals surface area contributed by atoms with Crippen LogP contribution in [0, 0.1) is 0 Å². The highest BCUT2D eigenvalue weighted by Crippen LogP contribution is 2.16. The molecule has 0 spiro atoms. The van der Waals surface area contributed by atoms with Gasteiger partial charge in [-0.1, -0.05) is 0 Å². The van der Waals surface area contributed by atoms with Crippen LogP contribution >= 0.6 is 0 Å². The Labute approximate surface area is 138 Å². The molecule has 1 aromatic carbocycles. The number of amides is 1. The molecule has 3 rings (SSSR count). The van der Waals surface area contributed by atoms with Crippen LogP contribution in [0.3, 0.4) is 0 Å². The number of benzene rings is 1. The number of furan rings is 1. The summed E-state index contributed by atoms with van der Waals surface area (Å²) >= 11 is 0. The van der Waals surface area contributed by atoms with Gasteiger partial charge in [0.15, 0.2) is 5.69 Å². The second-order valence-corrected chi connectivity index (χ2v) is 5.07. The standard InChI is InChI=1S/C17H17N3O4/c1-23-13-6-4-12(5-7-13)20-9-8-14(19-20)17(22)18-15(11-21)16-3-2-10-24-16/h2-10,15,21H,11H2,1H3,(H,18,22). The van der Waals surface area contributed by atoms with E-state index in [1.165, 1.54) is 6.26 Å². The number of aromatic nitrogens is 2. The third-order valence-electron chi connectivity index (χ3n) is 3.53. The molecule has 0 aliphatic rings. The van der Waals surface area contributed by atoms with Gasteiger partial charge in [-0.2, -0.15) is 5.10 Å². The summed E-state index contributed by atoms with van der Waals surface area (Å²) in [6.45, 7) is -0.265. The minimum absolute atomic E-state index is 0.246. The number of aliphatic hydroxyl groups is 1. The van der Waals surface area contributed by atoms with Gasteiger partial charge in [0.2, 0.25) is 0 Å². The number of nitrogens with one attached hydrogen (secondary N) is 1. The summed E-state index contributed by atoms with van der Waals surface area (Å²) in [4.78, 5) is 12.3. The van der Waals surface area contributed by atoms with Crippen LogP contribution in [0.15, 0.2) is 59.3 Å². The minimum atomic E-state index is -0.612. The van der Waals surface area contributed by atoms with Gasteiger partial charge in [0, 0.05) is 6.20 Å². The zero-order valence-electron chi connectivity index (χ0n) is 13.0. The monoisotopic (exact) mass is 327 g/mol. The number of nitrogens with zero attached hydrogens (tertiary/aromatic N) is 2. The molecule has 0 aliphatic heterocycles. The predicted molar refractivity (Wildman–Crippen MR) is 86.1 cm³/mol. The number of hydrogen-bond acceptors (Lipinski definition) is 5. The number of methoxy groups -OCH3 is 1. The topological polar surface area (TPSA) is 89.5 Å². The Bertz CT molecular complexity index is 794. The lowest BCUT2D eigenvalue weighted by atomic mass is 10.2. The highest BCUT2D eigenvalue weighted by atomic mass is 16.5. The van der Waals surface area contributed by atoms with Crippen LogP contribution < -0.4 is 10.1 Å². The maximum Gasteiger partial charge on any atom is 0.272 e. The van der Waals surface area contributed by atoms with Crippen molar-refractivity contribution in [3.8, 4) is 11.4 Å². The second-order valence-electron chi connectivity index (χ2n) is 5.07. The Morgan fingerprint density at radius 1 is 1.33 bits per heavy atom. The lowest BCUT2D eigenvalue weighted by Gasteiger charge is -2.12. The van der Waals surface area contributed by atoms with Crippen molar-refractivity contribution in [3.63, 3.8) is 0 Å². The summed E-state index contributed by atoms with van der Waals surface area (Å²) in [5.41, 5.74) is 1.05. The van der Waals surface area contributed by atoms with Crippen molar-refractivity contribution in [3.05, 3.63) is 66.4 Å². The van der Waals surface area contributed by atoms with E-state index >= 15 is 0 Å². The van der Waals surface area contributed by atoms with Crippen molar-refractivity contribution in [1.82, 2.24) is 15.1 Å². The highest BCUT2D eigenvalue weighted by molar-refractivity contribution is 5.92. The van der Waals surface area contributed by atoms with Crippen LogP contribution in [-0.2, 0) is 0 Å². The molecular formula is C17H17N3O4. The van der Waals surface area contributed by atoms with Crippen LogP contribution in [0.1, 0.15) is 22.3 Å². The van der Waals surface area contributed by atoms with Gasteiger partial charge < -0.3 is 19.6 Å². The van der Waals surface area contributed by atoms with Crippen molar-refractivity contribution in [2.75, 3.05) is 13.7 Å². The molecule has 2 aromatic heterocycles. The smallest absolute Gasteiger partial charge is 0.272 e. The SMILES string of the molecule is COc1ccc(-n2ccc(C(=O)NC(CO)c3ccco3)n2)cc1. The second kappa shape index (κ2) is 7.01. The van der Waals surface area contributed by atoms with E-state index in [2.05, 4.69) is 10.4 Å². The summed E-state index contributed by atoms with van der Waals surface area (Å²) in [6, 6.07) is 11.7. The van der Waals surface area contributed by atoms with Gasteiger partial charge in [-0.05, 0) is 42.5 Å². The van der Waals surface area contributed by atoms with Crippen LogP contribution in [0.4, 0.5) is 0 Å². The molecule has 0 saturated heterocycles. The summed E-state index contributed by atoms with van der Waals surface area (Å²) in [7, 11) is 1.60. The molecular weight excluding hydrogens is 310 g/mol. The Kier molecular flexibility index (Phi) is 4.62. The quantitative estimate of drug-likeness (QED) is 0.722. The maximum absolute atomic E-state index is 12.3. The third-order valence-corrected chi connectivity index (χ3v) is 3.53. The number of carbonyl (C=O) groups is 1. The van der Waals surface area contributed by atoms with E-state index < -0.39 is 11.9 Å². The number of carbonyl (C=O) groups excluding carboxylic acids is 1. The van der Waals surface area contributed by atoms with Crippen molar-refractivity contribution >= 4 is 5.91 Å². The van der Waals surface area contributed by atoms with Gasteiger partial charge in [0.1, 0.15) is 17.6 Å². The predicted octanol–water partition coefficient (Wildman–Crippen LogP) is 1.94. The molecule has 1 amide bonds. The summed E-state index contributed by atoms with van der Waals surface area (Å²) in [5.74, 6) is 0.839. The number of aliphatic hydroxyl groups excluding tert-OH is 1. The fraction of sp³-hybridized carbons (Fsp3) is 0.176. The van der Waals surface area contributed by atoms with E-state index in [9.17, 15) is 9.90 Å². The number of hydrogen-bond donors (Lipinski definition) is 2. The van der Waals surface area contributed by atoms with Crippen molar-refractivity contribution in [2.24, 2.45) is 0 Å². The molecule has 0 bridgehead atoms. The Hall–Kier alpha value is -3.06. The molecule has 3 aromatic rings. The first-order valence-electron chi connectivity index (χ1n) is 7.36. The van der Waals surface area contributed by atoms with Gasteiger partial charge in [0.05, 0.1) is 25.7 Å². The van der Waals surface area contributed by atoms with Gasteiger partial charge in [-0.3, -0.25) is 4.79 Å². The molecule has 24 heavy (non-hydrogen) atoms. The normalized spacial score (nSPS) is 11.9. The first-order chi connectivity index (χ1) is 11.7. The average Bonchev–Trinajstić information content (AvgIpc) is 3.31. The first kappa shape index (κ1) is 15.8. The van der Waals surface area contributed by atoms with Crippen LogP contribution in [0.5, 0.6) is 5.75 Å². The summed E-state index contributed by atoms with van der Waals surface area (Å²) in [5, 5.41) is 16.4. The Morgan fingerprint density at radius 2 is 2.12 bits per heavy atom. The van der Waals surface area contributed by atoms with Gasteiger partial charge in [-0.25, -0.2) is 4.68 Å². The van der Waals surface area contributed by atoms with E-state index in [1.807, 2.05) is 24.3 Å². The van der Waals surface area contributed by atoms with E-state index in [4.69, 9.17) is 9.15 Å². The summed E-state index contributed by atoms with van der Waals surface area (Å²) in [6.07, 6.45) is 3.18. The van der Waals surface area contributed by atoms with E-state index in [0.29, 0.717) is 5.76 Å². The Morgan fingerprint density at radius 3 is 2.75 bits per heavy atom. The zero-order valence-corrected chi connectivity index (χ0v) is 13.0. The average molecular weight is 327 g/mol. The van der Waals surface area contributed by atoms with Crippen molar-refractivity contribution < 1.29 is 19.1 Å². The van der Waals surface area contributed by atoms with Gasteiger partial charge in [0.25, 0.3) is 5.91 Å². The molecule has 2 N–H and O–H groups in total. The molecule has 124 valence electrons. The third kappa shape index (κ3) is 3.31. The molecule has 7 heteroatoms. The summed E-state index contributed by atoms with van der Waals surface area (Å²) < 4.78 is 11.9. The molecule has 1 unspecified atom stereocenters. The van der Waals surface area contributed by atoms with Crippen LogP contribution in [0.25, 0.3) is 5.69 Å². The fourth-order valence-electron chi connectivity index (χ4n) is 2.25. The molecule has 1 atom stereocenters. The van der Waals surface area contributed by atoms with Crippen LogP contribution in [0.2, 0.25) is 0 Å². The molecule has 0 radical (unpaired) electrons. The van der Waals surface area contributed by atoms with Crippen LogP contribution in [-0.4, -0.2) is 34.5 Å². The first-order valence-corrected chi connectivity index (χ1v) is 7.36. The van der Waals surface area contributed by atoms with Crippen molar-refractivity contribution in [2.45, 2.75) is 6.04 Å². The molecule has 0 aliphatic carbocycles. The number of ether oxygens (including phenoxy) is 1. The zero-order chi connectivity index (χ0) is 16.9. The minimum Gasteiger partial charge on any atom is -0.497 e. The molecule has 7 nitrogen and oxygen atoms in total. The lowest BCUT2D eigenvalue weighted by molar-refractivity contribution is 0.0902. The molecule has 0 saturated carbocycles. The number of rotatable bonds is 6. The fourth-order valence-corrected chi connectivity index (χ4v) is 2.25. The highest BCUT2D eigenvalue weighted by Gasteiger charge is 2.19. The van der Waals surface area contributed by atoms with Gasteiger partial charge in [-0.15, -0.1) is 0 Å². The van der Waals surface area contributed by atoms with Gasteiger partial charge >= 0.3 is 0 Å².